The third-order valence-corrected chi connectivity index (χ3v) is 30.0. The molecule has 0 aliphatic carbocycles. The summed E-state index contributed by atoms with van der Waals surface area (Å²) in [5.74, 6) is -1.20. The molecule has 0 aromatic rings. The first-order valence-corrected chi connectivity index (χ1v) is 35.7. The molecule has 0 radical (unpaired) electrons. The zero-order valence-corrected chi connectivity index (χ0v) is 52.1. The molecule has 71 heavy (non-hydrogen) atoms. The highest BCUT2D eigenvalue weighted by atomic mass is 28.4. The van der Waals surface area contributed by atoms with Crippen molar-refractivity contribution in [2.24, 2.45) is 17.8 Å². The number of allylic oxidation sites excluding steroid dienone is 3. The van der Waals surface area contributed by atoms with Crippen LogP contribution in [0.5, 0.6) is 0 Å². The lowest BCUT2D eigenvalue weighted by Gasteiger charge is -2.47. The zero-order valence-electron chi connectivity index (χ0n) is 49.1. The first kappa shape index (κ1) is 65.5. The van der Waals surface area contributed by atoms with Crippen LogP contribution in [0.15, 0.2) is 47.6 Å². The van der Waals surface area contributed by atoms with Crippen LogP contribution in [0.2, 0.25) is 54.4 Å². The van der Waals surface area contributed by atoms with Gasteiger partial charge in [-0.3, -0.25) is 9.59 Å². The Balaban J connectivity index is 2.60. The van der Waals surface area contributed by atoms with Crippen molar-refractivity contribution in [3.8, 4) is 0 Å². The van der Waals surface area contributed by atoms with Gasteiger partial charge in [-0.2, -0.15) is 0 Å². The van der Waals surface area contributed by atoms with Gasteiger partial charge in [-0.1, -0.05) is 125 Å². The van der Waals surface area contributed by atoms with E-state index in [4.69, 9.17) is 38.8 Å². The third kappa shape index (κ3) is 20.5. The molecule has 2 heterocycles. The van der Waals surface area contributed by atoms with Crippen molar-refractivity contribution in [3.05, 3.63) is 47.6 Å². The molecule has 0 bridgehead atoms. The molecule has 11 nitrogen and oxygen atoms in total. The Morgan fingerprint density at radius 1 is 0.817 bits per heavy atom. The van der Waals surface area contributed by atoms with Crippen LogP contribution < -0.4 is 0 Å². The molecule has 2 aliphatic heterocycles. The third-order valence-electron chi connectivity index (χ3n) is 16.5. The van der Waals surface area contributed by atoms with Crippen LogP contribution >= 0.6 is 0 Å². The van der Waals surface area contributed by atoms with Gasteiger partial charge in [0.15, 0.2) is 25.0 Å². The van der Waals surface area contributed by atoms with Gasteiger partial charge in [0.1, 0.15) is 11.9 Å². The quantitative estimate of drug-likeness (QED) is 0.0420. The van der Waals surface area contributed by atoms with E-state index in [2.05, 4.69) is 128 Å². The molecule has 2 aliphatic rings. The maximum absolute atomic E-state index is 14.7. The number of aliphatic hydroxyl groups is 1. The number of ether oxygens (including phenoxy) is 4. The van der Waals surface area contributed by atoms with Gasteiger partial charge in [0.2, 0.25) is 0 Å². The molecule has 0 spiro atoms. The van der Waals surface area contributed by atoms with Crippen LogP contribution in [0.4, 0.5) is 0 Å². The first-order valence-electron chi connectivity index (χ1n) is 27.0. The number of aliphatic carboxylic acids is 1. The summed E-state index contributed by atoms with van der Waals surface area (Å²) >= 11 is 0. The Morgan fingerprint density at radius 2 is 1.38 bits per heavy atom. The van der Waals surface area contributed by atoms with Crippen LogP contribution in [0, 0.1) is 17.8 Å². The maximum atomic E-state index is 14.7. The number of Topliss-reactive ketones (excluding diaryl/α,β-unsaturated/α-hetero) is 1. The Kier molecular flexibility index (Phi) is 25.4. The molecule has 412 valence electrons. The van der Waals surface area contributed by atoms with Gasteiger partial charge in [0, 0.05) is 24.9 Å². The van der Waals surface area contributed by atoms with E-state index in [9.17, 15) is 19.8 Å². The van der Waals surface area contributed by atoms with Crippen LogP contribution in [0.25, 0.3) is 0 Å². The summed E-state index contributed by atoms with van der Waals surface area (Å²) in [7, 11) is -7.32. The van der Waals surface area contributed by atoms with E-state index in [-0.39, 0.29) is 69.8 Å². The number of aliphatic hydroxyl groups excluding tert-OH is 1. The number of hydrogen-bond donors (Lipinski definition) is 2. The Bertz CT molecular complexity index is 1780. The highest BCUT2D eigenvalue weighted by Crippen LogP contribution is 2.45. The smallest absolute Gasteiger partial charge is 0.305 e. The topological polar surface area (TPSA) is 139 Å². The molecule has 2 rings (SSSR count). The van der Waals surface area contributed by atoms with Gasteiger partial charge in [0.25, 0.3) is 0 Å². The highest BCUT2D eigenvalue weighted by molar-refractivity contribution is 6.75. The first-order chi connectivity index (χ1) is 32.3. The lowest BCUT2D eigenvalue weighted by Crippen LogP contribution is -2.55. The zero-order chi connectivity index (χ0) is 54.7. The van der Waals surface area contributed by atoms with Crippen LogP contribution in [0.3, 0.4) is 0 Å². The number of carboxylic acids is 1. The van der Waals surface area contributed by atoms with Crippen LogP contribution in [-0.4, -0.2) is 122 Å². The van der Waals surface area contributed by atoms with Gasteiger partial charge in [-0.05, 0) is 126 Å². The fraction of sp³-hybridized carbons (Fsp3) is 0.825. The molecule has 14 heteroatoms. The predicted octanol–water partition coefficient (Wildman–Crippen LogP) is 13.8. The minimum Gasteiger partial charge on any atom is -0.481 e. The number of carboxylic acid groups (broad SMARTS) is 1. The molecular weight excluding hydrogens is 945 g/mol. The average Bonchev–Trinajstić information content (AvgIpc) is 3.84. The Morgan fingerprint density at radius 3 is 1.92 bits per heavy atom. The van der Waals surface area contributed by atoms with Crippen molar-refractivity contribution in [2.45, 2.75) is 265 Å². The second-order valence-corrected chi connectivity index (χ2v) is 40.3. The van der Waals surface area contributed by atoms with Crippen molar-refractivity contribution in [3.63, 3.8) is 0 Å². The van der Waals surface area contributed by atoms with E-state index in [1.807, 2.05) is 39.8 Å². The summed E-state index contributed by atoms with van der Waals surface area (Å²) in [6.07, 6.45) is 7.69. The normalized spacial score (nSPS) is 24.1. The van der Waals surface area contributed by atoms with E-state index < -0.39 is 67.5 Å². The number of hydrogen-bond acceptors (Lipinski definition) is 10. The van der Waals surface area contributed by atoms with Crippen molar-refractivity contribution < 1.29 is 52.0 Å². The summed E-state index contributed by atoms with van der Waals surface area (Å²) in [4.78, 5) is 26.7. The second kappa shape index (κ2) is 27.5. The number of rotatable bonds is 29. The largest absolute Gasteiger partial charge is 0.481 e. The van der Waals surface area contributed by atoms with Crippen molar-refractivity contribution in [1.29, 1.82) is 0 Å². The average molecular weight is 1050 g/mol. The monoisotopic (exact) mass is 1050 g/mol. The molecule has 0 saturated carbocycles. The van der Waals surface area contributed by atoms with Gasteiger partial charge in [-0.15, -0.1) is 0 Å². The van der Waals surface area contributed by atoms with E-state index in [0.29, 0.717) is 39.1 Å². The minimum absolute atomic E-state index is 0.0218. The fourth-order valence-corrected chi connectivity index (χ4v) is 12.4. The molecule has 0 aromatic carbocycles. The molecule has 0 unspecified atom stereocenters. The Labute approximate surface area is 437 Å². The van der Waals surface area contributed by atoms with E-state index >= 15 is 0 Å². The molecule has 12 atom stereocenters. The predicted molar refractivity (Wildman–Crippen MR) is 300 cm³/mol. The van der Waals surface area contributed by atoms with Crippen molar-refractivity contribution >= 4 is 36.7 Å². The number of ketones is 1. The Hall–Kier alpha value is -1.57. The van der Waals surface area contributed by atoms with Crippen LogP contribution in [0.1, 0.15) is 156 Å². The SMILES string of the molecule is C=C(/C=C(\C)[C@@H](C)[C@H](CC(=O)[C@@H](C)C[C@@H](C[C@H]1CC[C@H]([C@H](O)/C=C/C=C(C)C)O1)OCCOCC)O[Si](C)(C)C(C)(C)C)[C@@H](O[Si](C)(C)C(C)(C)C)[C@@H](O[Si](C)(C)C(C)(C)C)[C@H]1C[C@@H](C)[C@H](CC(=O)O)O1. The molecule has 0 amide bonds. The maximum Gasteiger partial charge on any atom is 0.305 e. The summed E-state index contributed by atoms with van der Waals surface area (Å²) in [5.41, 5.74) is 2.96. The minimum atomic E-state index is -2.48. The lowest BCUT2D eigenvalue weighted by atomic mass is 9.86. The van der Waals surface area contributed by atoms with Crippen LogP contribution in [-0.2, 0) is 41.8 Å². The fourth-order valence-electron chi connectivity index (χ4n) is 8.45. The van der Waals surface area contributed by atoms with E-state index in [1.165, 1.54) is 0 Å². The lowest BCUT2D eigenvalue weighted by molar-refractivity contribution is -0.141. The van der Waals surface area contributed by atoms with Crippen molar-refractivity contribution in [1.82, 2.24) is 0 Å². The van der Waals surface area contributed by atoms with Gasteiger partial charge in [-0.25, -0.2) is 0 Å². The van der Waals surface area contributed by atoms with Gasteiger partial charge < -0.3 is 42.4 Å². The van der Waals surface area contributed by atoms with Gasteiger partial charge >= 0.3 is 5.97 Å². The van der Waals surface area contributed by atoms with Gasteiger partial charge in [0.05, 0.1) is 68.5 Å². The molecule has 2 N–H and O–H groups in total. The standard InChI is InChI=1S/C57H106O11Si3/c1-24-62-30-31-63-45(35-44-28-29-48(64-44)46(58)27-25-26-38(2)3)33-40(5)47(59)36-50(66-69(18,19)55(9,10)11)43(8)39(4)32-42(7)53(67-70(20,21)56(12,13)14)54(68-71(22,23)57(15,16)17)51-34-41(6)49(65-51)37-52(60)61/h25-27,32,40-41,43-46,48-51,53-54,58H,7,24,28-31,33-37H2,1-6,8-23H3,(H,60,61)/b27-25+,39-32+/t40-,41+,43+,44+,45-,46+,48+,49-,50-,51+,53+,54-/m0/s1. The summed E-state index contributed by atoms with van der Waals surface area (Å²) < 4.78 is 47.3. The van der Waals surface area contributed by atoms with E-state index in [1.54, 1.807) is 6.08 Å². The number of carbonyl (C=O) groups excluding carboxylic acids is 1. The molecule has 2 saturated heterocycles. The molecule has 0 aromatic heterocycles. The number of carbonyl (C=O) groups is 2. The second-order valence-electron chi connectivity index (χ2n) is 26.1. The molecular formula is C57H106O11Si3. The summed E-state index contributed by atoms with van der Waals surface area (Å²) in [5, 5.41) is 20.4. The molecule has 2 fully saturated rings. The summed E-state index contributed by atoms with van der Waals surface area (Å²) in [6, 6.07) is 0. The van der Waals surface area contributed by atoms with Crippen molar-refractivity contribution in [2.75, 3.05) is 19.8 Å². The van der Waals surface area contributed by atoms with E-state index in [0.717, 1.165) is 29.6 Å². The highest BCUT2D eigenvalue weighted by Gasteiger charge is 2.50. The summed E-state index contributed by atoms with van der Waals surface area (Å²) in [6.45, 7) is 54.2.